The average molecular weight is 460 g/mol. The number of furan rings is 1. The van der Waals surface area contributed by atoms with Crippen LogP contribution in [0.1, 0.15) is 16.1 Å². The Labute approximate surface area is 184 Å². The van der Waals surface area contributed by atoms with Gasteiger partial charge in [0.1, 0.15) is 11.5 Å². The van der Waals surface area contributed by atoms with E-state index in [1.165, 1.54) is 24.3 Å². The number of benzene rings is 2. The maximum atomic E-state index is 12.7. The van der Waals surface area contributed by atoms with Crippen LogP contribution in [0.15, 0.2) is 63.9 Å². The molecule has 1 aromatic heterocycles. The molecule has 2 amide bonds. The van der Waals surface area contributed by atoms with Gasteiger partial charge in [0.15, 0.2) is 0 Å². The zero-order valence-electron chi connectivity index (χ0n) is 15.0. The maximum absolute atomic E-state index is 12.7. The van der Waals surface area contributed by atoms with Crippen LogP contribution in [0.25, 0.3) is 17.4 Å². The molecular formula is C21H11Cl2NO5S. The molecule has 2 heterocycles. The summed E-state index contributed by atoms with van der Waals surface area (Å²) >= 11 is 12.8. The molecule has 30 heavy (non-hydrogen) atoms. The van der Waals surface area contributed by atoms with E-state index in [0.717, 1.165) is 16.7 Å². The van der Waals surface area contributed by atoms with Crippen molar-refractivity contribution in [1.82, 2.24) is 0 Å². The van der Waals surface area contributed by atoms with E-state index in [2.05, 4.69) is 0 Å². The number of rotatable bonds is 4. The van der Waals surface area contributed by atoms with Crippen molar-refractivity contribution in [3.63, 3.8) is 0 Å². The number of thioether (sulfide) groups is 1. The van der Waals surface area contributed by atoms with Crippen molar-refractivity contribution in [2.24, 2.45) is 0 Å². The highest BCUT2D eigenvalue weighted by atomic mass is 35.5. The van der Waals surface area contributed by atoms with Gasteiger partial charge in [-0.3, -0.25) is 9.59 Å². The molecule has 1 saturated heterocycles. The van der Waals surface area contributed by atoms with Crippen molar-refractivity contribution in [2.75, 3.05) is 4.90 Å². The molecule has 3 aromatic rings. The fraction of sp³-hybridized carbons (Fsp3) is 0. The van der Waals surface area contributed by atoms with Crippen LogP contribution in [-0.2, 0) is 4.79 Å². The van der Waals surface area contributed by atoms with E-state index >= 15 is 0 Å². The number of hydrogen-bond donors (Lipinski definition) is 1. The number of anilines is 1. The number of halogens is 2. The van der Waals surface area contributed by atoms with Gasteiger partial charge >= 0.3 is 5.97 Å². The van der Waals surface area contributed by atoms with Crippen LogP contribution in [0.2, 0.25) is 10.0 Å². The normalized spacial score (nSPS) is 15.3. The summed E-state index contributed by atoms with van der Waals surface area (Å²) < 4.78 is 5.72. The molecule has 0 radical (unpaired) electrons. The van der Waals surface area contributed by atoms with Crippen LogP contribution >= 0.6 is 35.0 Å². The van der Waals surface area contributed by atoms with Crippen molar-refractivity contribution < 1.29 is 23.9 Å². The highest BCUT2D eigenvalue weighted by Gasteiger charge is 2.36. The van der Waals surface area contributed by atoms with Crippen molar-refractivity contribution in [3.05, 3.63) is 80.9 Å². The molecule has 0 saturated carbocycles. The molecular weight excluding hydrogens is 449 g/mol. The monoisotopic (exact) mass is 459 g/mol. The molecule has 1 fully saturated rings. The second kappa shape index (κ2) is 8.02. The van der Waals surface area contributed by atoms with Crippen LogP contribution in [0.3, 0.4) is 0 Å². The topological polar surface area (TPSA) is 87.8 Å². The lowest BCUT2D eigenvalue weighted by atomic mass is 10.1. The van der Waals surface area contributed by atoms with E-state index in [1.807, 2.05) is 0 Å². The quantitative estimate of drug-likeness (QED) is 0.467. The van der Waals surface area contributed by atoms with Gasteiger partial charge in [0.25, 0.3) is 11.1 Å². The Kier molecular flexibility index (Phi) is 5.42. The predicted octanol–water partition coefficient (Wildman–Crippen LogP) is 6.19. The average Bonchev–Trinajstić information content (AvgIpc) is 3.27. The van der Waals surface area contributed by atoms with E-state index in [0.29, 0.717) is 32.8 Å². The van der Waals surface area contributed by atoms with E-state index in [1.54, 1.807) is 36.4 Å². The third-order valence-electron chi connectivity index (χ3n) is 4.26. The van der Waals surface area contributed by atoms with Crippen molar-refractivity contribution in [3.8, 4) is 11.3 Å². The lowest BCUT2D eigenvalue weighted by Crippen LogP contribution is -2.27. The van der Waals surface area contributed by atoms with E-state index in [9.17, 15) is 14.4 Å². The molecule has 1 aliphatic heterocycles. The highest BCUT2D eigenvalue weighted by Crippen LogP contribution is 2.37. The SMILES string of the molecule is O=C(O)c1ccc(Cl)c(-c2ccc(/C=C3/SC(=O)N(c4ccc(Cl)cc4)C3=O)o2)c1. The molecule has 150 valence electrons. The molecule has 0 atom stereocenters. The predicted molar refractivity (Wildman–Crippen MR) is 116 cm³/mol. The summed E-state index contributed by atoms with van der Waals surface area (Å²) in [7, 11) is 0. The fourth-order valence-corrected chi connectivity index (χ4v) is 3.99. The molecule has 0 aliphatic carbocycles. The van der Waals surface area contributed by atoms with Crippen LogP contribution in [-0.4, -0.2) is 22.2 Å². The molecule has 2 aromatic carbocycles. The van der Waals surface area contributed by atoms with E-state index in [4.69, 9.17) is 32.7 Å². The Hall–Kier alpha value is -3.00. The minimum atomic E-state index is -1.09. The Morgan fingerprint density at radius 3 is 2.47 bits per heavy atom. The number of nitrogens with zero attached hydrogens (tertiary/aromatic N) is 1. The third kappa shape index (κ3) is 3.87. The number of carbonyl (C=O) groups excluding carboxylic acids is 2. The fourth-order valence-electron chi connectivity index (χ4n) is 2.83. The summed E-state index contributed by atoms with van der Waals surface area (Å²) in [6.07, 6.45) is 1.46. The van der Waals surface area contributed by atoms with Crippen molar-refractivity contribution >= 4 is 63.8 Å². The maximum Gasteiger partial charge on any atom is 0.335 e. The number of aromatic carboxylic acids is 1. The molecule has 0 bridgehead atoms. The van der Waals surface area contributed by atoms with Crippen LogP contribution in [0.5, 0.6) is 0 Å². The van der Waals surface area contributed by atoms with Crippen LogP contribution in [0, 0.1) is 0 Å². The smallest absolute Gasteiger partial charge is 0.335 e. The van der Waals surface area contributed by atoms with E-state index < -0.39 is 17.1 Å². The number of imide groups is 1. The minimum absolute atomic E-state index is 0.0661. The Bertz CT molecular complexity index is 1220. The number of carboxylic acids is 1. The zero-order valence-corrected chi connectivity index (χ0v) is 17.3. The van der Waals surface area contributed by atoms with Crippen LogP contribution in [0.4, 0.5) is 10.5 Å². The van der Waals surface area contributed by atoms with Gasteiger partial charge in [0, 0.05) is 16.7 Å². The summed E-state index contributed by atoms with van der Waals surface area (Å²) in [6.45, 7) is 0. The van der Waals surface area contributed by atoms with Gasteiger partial charge in [-0.2, -0.15) is 0 Å². The zero-order chi connectivity index (χ0) is 21.4. The Morgan fingerprint density at radius 1 is 1.03 bits per heavy atom. The lowest BCUT2D eigenvalue weighted by Gasteiger charge is -2.11. The first kappa shape index (κ1) is 20.3. The largest absolute Gasteiger partial charge is 0.478 e. The molecule has 1 N–H and O–H groups in total. The summed E-state index contributed by atoms with van der Waals surface area (Å²) in [5.74, 6) is -0.901. The molecule has 4 rings (SSSR count). The Morgan fingerprint density at radius 2 is 1.77 bits per heavy atom. The molecule has 1 aliphatic rings. The van der Waals surface area contributed by atoms with Crippen molar-refractivity contribution in [2.45, 2.75) is 0 Å². The molecule has 6 nitrogen and oxygen atoms in total. The first-order chi connectivity index (χ1) is 14.3. The van der Waals surface area contributed by atoms with Gasteiger partial charge in [0.2, 0.25) is 0 Å². The van der Waals surface area contributed by atoms with Gasteiger partial charge in [-0.1, -0.05) is 23.2 Å². The third-order valence-corrected chi connectivity index (χ3v) is 5.71. The number of hydrogen-bond acceptors (Lipinski definition) is 5. The van der Waals surface area contributed by atoms with Gasteiger partial charge in [-0.05, 0) is 66.4 Å². The number of carboxylic acid groups (broad SMARTS) is 1. The van der Waals surface area contributed by atoms with Gasteiger partial charge in [0.05, 0.1) is 21.2 Å². The standard InChI is InChI=1S/C21H11Cl2NO5S/c22-12-2-4-13(5-3-12)24-19(25)18(30-21(24)28)10-14-6-8-17(29-14)15-9-11(20(26)27)1-7-16(15)23/h1-10H,(H,26,27)/b18-10+. The first-order valence-electron chi connectivity index (χ1n) is 8.50. The van der Waals surface area contributed by atoms with Gasteiger partial charge in [-0.15, -0.1) is 0 Å². The number of carbonyl (C=O) groups is 3. The number of amides is 2. The summed E-state index contributed by atoms with van der Waals surface area (Å²) in [4.78, 5) is 37.5. The van der Waals surface area contributed by atoms with Gasteiger partial charge < -0.3 is 9.52 Å². The first-order valence-corrected chi connectivity index (χ1v) is 10.1. The van der Waals surface area contributed by atoms with Crippen molar-refractivity contribution in [1.29, 1.82) is 0 Å². The Balaban J connectivity index is 1.63. The second-order valence-corrected chi connectivity index (χ2v) is 8.03. The molecule has 0 spiro atoms. The van der Waals surface area contributed by atoms with Gasteiger partial charge in [-0.25, -0.2) is 9.69 Å². The highest BCUT2D eigenvalue weighted by molar-refractivity contribution is 8.19. The molecule has 9 heteroatoms. The summed E-state index contributed by atoms with van der Waals surface area (Å²) in [5, 5.41) is 9.55. The summed E-state index contributed by atoms with van der Waals surface area (Å²) in [5.41, 5.74) is 0.893. The second-order valence-electron chi connectivity index (χ2n) is 6.20. The van der Waals surface area contributed by atoms with Crippen LogP contribution < -0.4 is 4.90 Å². The lowest BCUT2D eigenvalue weighted by molar-refractivity contribution is -0.113. The van der Waals surface area contributed by atoms with E-state index in [-0.39, 0.29) is 10.5 Å². The summed E-state index contributed by atoms with van der Waals surface area (Å²) in [6, 6.07) is 13.9. The molecule has 0 unspecified atom stereocenters. The minimum Gasteiger partial charge on any atom is -0.478 e.